The normalized spacial score (nSPS) is 12.4. The third-order valence-electron chi connectivity index (χ3n) is 2.19. The SMILES string of the molecule is N[C@@H](CCCc1cccc(F)c1)C(=O)O. The summed E-state index contributed by atoms with van der Waals surface area (Å²) in [7, 11) is 0. The Bertz CT molecular complexity index is 341. The highest BCUT2D eigenvalue weighted by Gasteiger charge is 2.10. The van der Waals surface area contributed by atoms with Gasteiger partial charge < -0.3 is 10.8 Å². The minimum absolute atomic E-state index is 0.268. The van der Waals surface area contributed by atoms with Crippen molar-refractivity contribution in [2.75, 3.05) is 0 Å². The molecule has 1 aromatic rings. The Morgan fingerprint density at radius 3 is 2.87 bits per heavy atom. The Kier molecular flexibility index (Phi) is 4.24. The molecule has 0 fully saturated rings. The van der Waals surface area contributed by atoms with E-state index in [2.05, 4.69) is 0 Å². The molecule has 0 amide bonds. The van der Waals surface area contributed by atoms with E-state index in [1.54, 1.807) is 6.07 Å². The molecule has 0 saturated heterocycles. The van der Waals surface area contributed by atoms with Crippen molar-refractivity contribution >= 4 is 5.97 Å². The molecule has 0 aromatic heterocycles. The molecule has 1 atom stereocenters. The first-order valence-electron chi connectivity index (χ1n) is 4.82. The molecule has 0 unspecified atom stereocenters. The molecule has 0 aliphatic rings. The highest BCUT2D eigenvalue weighted by molar-refractivity contribution is 5.72. The summed E-state index contributed by atoms with van der Waals surface area (Å²) >= 11 is 0. The number of hydrogen-bond acceptors (Lipinski definition) is 2. The van der Waals surface area contributed by atoms with Crippen molar-refractivity contribution in [3.05, 3.63) is 35.6 Å². The minimum Gasteiger partial charge on any atom is -0.480 e. The Balaban J connectivity index is 2.35. The maximum atomic E-state index is 12.8. The molecule has 0 aliphatic heterocycles. The van der Waals surface area contributed by atoms with E-state index in [0.717, 1.165) is 5.56 Å². The number of nitrogens with two attached hydrogens (primary N) is 1. The molecule has 82 valence electrons. The van der Waals surface area contributed by atoms with Gasteiger partial charge in [0.2, 0.25) is 0 Å². The first-order valence-corrected chi connectivity index (χ1v) is 4.82. The average molecular weight is 211 g/mol. The number of hydrogen-bond donors (Lipinski definition) is 2. The van der Waals surface area contributed by atoms with Crippen molar-refractivity contribution in [2.24, 2.45) is 5.73 Å². The summed E-state index contributed by atoms with van der Waals surface area (Å²) < 4.78 is 12.8. The number of aliphatic carboxylic acids is 1. The zero-order valence-corrected chi connectivity index (χ0v) is 8.32. The summed E-state index contributed by atoms with van der Waals surface area (Å²) in [5.41, 5.74) is 6.21. The van der Waals surface area contributed by atoms with Gasteiger partial charge in [-0.2, -0.15) is 0 Å². The van der Waals surface area contributed by atoms with Gasteiger partial charge in [0.15, 0.2) is 0 Å². The fourth-order valence-electron chi connectivity index (χ4n) is 1.34. The lowest BCUT2D eigenvalue weighted by Gasteiger charge is -2.05. The molecule has 0 aliphatic carbocycles. The molecule has 0 saturated carbocycles. The molecule has 1 rings (SSSR count). The molecule has 1 aromatic carbocycles. The van der Waals surface area contributed by atoms with Crippen LogP contribution >= 0.6 is 0 Å². The Hall–Kier alpha value is -1.42. The zero-order valence-electron chi connectivity index (χ0n) is 8.32. The lowest BCUT2D eigenvalue weighted by Crippen LogP contribution is -2.29. The number of benzene rings is 1. The second-order valence-electron chi connectivity index (χ2n) is 3.47. The lowest BCUT2D eigenvalue weighted by atomic mass is 10.1. The van der Waals surface area contributed by atoms with Crippen LogP contribution in [0, 0.1) is 5.82 Å². The van der Waals surface area contributed by atoms with Crippen LogP contribution in [0.2, 0.25) is 0 Å². The van der Waals surface area contributed by atoms with E-state index < -0.39 is 12.0 Å². The summed E-state index contributed by atoms with van der Waals surface area (Å²) in [6.07, 6.45) is 1.71. The smallest absolute Gasteiger partial charge is 0.320 e. The van der Waals surface area contributed by atoms with Gasteiger partial charge in [-0.25, -0.2) is 4.39 Å². The largest absolute Gasteiger partial charge is 0.480 e. The Labute approximate surface area is 87.7 Å². The monoisotopic (exact) mass is 211 g/mol. The van der Waals surface area contributed by atoms with Crippen molar-refractivity contribution in [1.29, 1.82) is 0 Å². The van der Waals surface area contributed by atoms with Crippen molar-refractivity contribution in [3.63, 3.8) is 0 Å². The van der Waals surface area contributed by atoms with Crippen LogP contribution in [0.15, 0.2) is 24.3 Å². The second-order valence-corrected chi connectivity index (χ2v) is 3.47. The van der Waals surface area contributed by atoms with Crippen LogP contribution in [0.5, 0.6) is 0 Å². The summed E-state index contributed by atoms with van der Waals surface area (Å²) in [6, 6.07) is 5.47. The van der Waals surface area contributed by atoms with E-state index in [4.69, 9.17) is 10.8 Å². The van der Waals surface area contributed by atoms with Gasteiger partial charge in [-0.3, -0.25) is 4.79 Å². The van der Waals surface area contributed by atoms with E-state index in [1.807, 2.05) is 6.07 Å². The highest BCUT2D eigenvalue weighted by Crippen LogP contribution is 2.08. The van der Waals surface area contributed by atoms with Crippen LogP contribution in [-0.4, -0.2) is 17.1 Å². The third-order valence-corrected chi connectivity index (χ3v) is 2.19. The number of carbonyl (C=O) groups is 1. The van der Waals surface area contributed by atoms with E-state index in [1.165, 1.54) is 12.1 Å². The van der Waals surface area contributed by atoms with E-state index in [0.29, 0.717) is 19.3 Å². The van der Waals surface area contributed by atoms with Crippen LogP contribution in [0.25, 0.3) is 0 Å². The predicted molar refractivity (Wildman–Crippen MR) is 54.9 cm³/mol. The molecule has 3 nitrogen and oxygen atoms in total. The molecule has 4 heteroatoms. The average Bonchev–Trinajstić information content (AvgIpc) is 2.17. The Morgan fingerprint density at radius 2 is 2.27 bits per heavy atom. The van der Waals surface area contributed by atoms with Crippen molar-refractivity contribution in [3.8, 4) is 0 Å². The fraction of sp³-hybridized carbons (Fsp3) is 0.364. The number of aryl methyl sites for hydroxylation is 1. The molecule has 0 heterocycles. The van der Waals surface area contributed by atoms with Gasteiger partial charge in [-0.1, -0.05) is 12.1 Å². The molecule has 3 N–H and O–H groups in total. The van der Waals surface area contributed by atoms with Crippen LogP contribution in [0.3, 0.4) is 0 Å². The molecular weight excluding hydrogens is 197 g/mol. The van der Waals surface area contributed by atoms with Crippen molar-refractivity contribution in [1.82, 2.24) is 0 Å². The van der Waals surface area contributed by atoms with Gasteiger partial charge in [0, 0.05) is 0 Å². The number of carboxylic acid groups (broad SMARTS) is 1. The maximum absolute atomic E-state index is 12.8. The van der Waals surface area contributed by atoms with Crippen molar-refractivity contribution in [2.45, 2.75) is 25.3 Å². The number of rotatable bonds is 5. The van der Waals surface area contributed by atoms with Crippen molar-refractivity contribution < 1.29 is 14.3 Å². The van der Waals surface area contributed by atoms with Gasteiger partial charge in [0.1, 0.15) is 11.9 Å². The molecule has 0 spiro atoms. The van der Waals surface area contributed by atoms with Gasteiger partial charge in [0.05, 0.1) is 0 Å². The standard InChI is InChI=1S/C11H14FNO2/c12-9-5-1-3-8(7-9)4-2-6-10(13)11(14)15/h1,3,5,7,10H,2,4,6,13H2,(H,14,15)/t10-/m0/s1. The zero-order chi connectivity index (χ0) is 11.3. The fourth-order valence-corrected chi connectivity index (χ4v) is 1.34. The maximum Gasteiger partial charge on any atom is 0.320 e. The van der Waals surface area contributed by atoms with E-state index in [9.17, 15) is 9.18 Å². The van der Waals surface area contributed by atoms with Gasteiger partial charge >= 0.3 is 5.97 Å². The molecule has 0 radical (unpaired) electrons. The Morgan fingerprint density at radius 1 is 1.53 bits per heavy atom. The topological polar surface area (TPSA) is 63.3 Å². The number of carboxylic acids is 1. The lowest BCUT2D eigenvalue weighted by molar-refractivity contribution is -0.138. The molecule has 0 bridgehead atoms. The van der Waals surface area contributed by atoms with Crippen LogP contribution in [0.4, 0.5) is 4.39 Å². The first kappa shape index (κ1) is 11.7. The summed E-state index contributed by atoms with van der Waals surface area (Å²) in [5.74, 6) is -1.26. The van der Waals surface area contributed by atoms with Gasteiger partial charge in [-0.05, 0) is 37.0 Å². The summed E-state index contributed by atoms with van der Waals surface area (Å²) in [5, 5.41) is 8.54. The van der Waals surface area contributed by atoms with E-state index >= 15 is 0 Å². The van der Waals surface area contributed by atoms with E-state index in [-0.39, 0.29) is 5.82 Å². The van der Waals surface area contributed by atoms with Crippen LogP contribution in [0.1, 0.15) is 18.4 Å². The summed E-state index contributed by atoms with van der Waals surface area (Å²) in [6.45, 7) is 0. The quantitative estimate of drug-likeness (QED) is 0.776. The summed E-state index contributed by atoms with van der Waals surface area (Å²) in [4.78, 5) is 10.4. The van der Waals surface area contributed by atoms with Gasteiger partial charge in [-0.15, -0.1) is 0 Å². The van der Waals surface area contributed by atoms with Crippen LogP contribution in [-0.2, 0) is 11.2 Å². The first-order chi connectivity index (χ1) is 7.09. The molecule has 15 heavy (non-hydrogen) atoms. The highest BCUT2D eigenvalue weighted by atomic mass is 19.1. The second kappa shape index (κ2) is 5.46. The van der Waals surface area contributed by atoms with Crippen LogP contribution < -0.4 is 5.73 Å². The number of halogens is 1. The minimum atomic E-state index is -0.991. The molecular formula is C11H14FNO2. The third kappa shape index (κ3) is 4.08. The van der Waals surface area contributed by atoms with Gasteiger partial charge in [0.25, 0.3) is 0 Å². The predicted octanol–water partition coefficient (Wildman–Crippen LogP) is 1.56.